The summed E-state index contributed by atoms with van der Waals surface area (Å²) in [5.41, 5.74) is 1.01. The first-order valence-electron chi connectivity index (χ1n) is 7.61. The van der Waals surface area contributed by atoms with Crippen molar-refractivity contribution in [3.05, 3.63) is 41.4 Å². The van der Waals surface area contributed by atoms with Crippen molar-refractivity contribution in [1.29, 1.82) is 0 Å². The molecule has 1 aromatic rings. The van der Waals surface area contributed by atoms with Gasteiger partial charge in [-0.15, -0.1) is 6.58 Å². The molecule has 1 fully saturated rings. The third-order valence-electron chi connectivity index (χ3n) is 3.41. The van der Waals surface area contributed by atoms with Gasteiger partial charge in [0.15, 0.2) is 0 Å². The Morgan fingerprint density at radius 3 is 2.10 bits per heavy atom. The molecule has 120 valence electrons. The van der Waals surface area contributed by atoms with Gasteiger partial charge in [0, 0.05) is 6.04 Å². The van der Waals surface area contributed by atoms with Crippen molar-refractivity contribution < 1.29 is 5.11 Å². The van der Waals surface area contributed by atoms with Crippen LogP contribution in [0.3, 0.4) is 0 Å². The average molecular weight is 312 g/mol. The van der Waals surface area contributed by atoms with Crippen LogP contribution in [0.1, 0.15) is 44.6 Å². The number of hydrogen-bond acceptors (Lipinski definition) is 2. The highest BCUT2D eigenvalue weighted by atomic mass is 35.5. The Kier molecular flexibility index (Phi) is 11.1. The van der Waals surface area contributed by atoms with Gasteiger partial charge in [-0.1, -0.05) is 43.0 Å². The van der Waals surface area contributed by atoms with E-state index in [9.17, 15) is 0 Å². The lowest BCUT2D eigenvalue weighted by atomic mass is 9.95. The number of hydrogen-bond donors (Lipinski definition) is 1. The molecule has 2 nitrogen and oxygen atoms in total. The number of allylic oxidation sites excluding steroid dienone is 1. The lowest BCUT2D eigenvalue weighted by molar-refractivity contribution is 0.229. The van der Waals surface area contributed by atoms with E-state index in [2.05, 4.69) is 25.6 Å². The van der Waals surface area contributed by atoms with Crippen molar-refractivity contribution in [2.75, 3.05) is 14.1 Å². The van der Waals surface area contributed by atoms with Crippen LogP contribution in [0, 0.1) is 6.92 Å². The molecule has 0 spiro atoms. The SMILES string of the molecule is C=CC.CN(C)C1CCCCC1.Cc1ccc(Cl)c(O)c1. The smallest absolute Gasteiger partial charge is 0.134 e. The molecule has 0 saturated heterocycles. The highest BCUT2D eigenvalue weighted by Gasteiger charge is 2.13. The Morgan fingerprint density at radius 1 is 1.24 bits per heavy atom. The second kappa shape index (κ2) is 11.6. The van der Waals surface area contributed by atoms with E-state index in [4.69, 9.17) is 16.7 Å². The molecule has 1 aromatic carbocycles. The van der Waals surface area contributed by atoms with Crippen LogP contribution in [0.25, 0.3) is 0 Å². The van der Waals surface area contributed by atoms with Gasteiger partial charge in [0.2, 0.25) is 0 Å². The summed E-state index contributed by atoms with van der Waals surface area (Å²) in [6, 6.07) is 6.04. The maximum absolute atomic E-state index is 8.97. The van der Waals surface area contributed by atoms with Crippen LogP contribution >= 0.6 is 11.6 Å². The van der Waals surface area contributed by atoms with Crippen LogP contribution in [0.5, 0.6) is 5.75 Å². The van der Waals surface area contributed by atoms with Crippen LogP contribution in [0.15, 0.2) is 30.9 Å². The highest BCUT2D eigenvalue weighted by molar-refractivity contribution is 6.31. The van der Waals surface area contributed by atoms with Crippen molar-refractivity contribution in [2.24, 2.45) is 0 Å². The summed E-state index contributed by atoms with van der Waals surface area (Å²) in [6.45, 7) is 7.15. The number of halogens is 1. The maximum Gasteiger partial charge on any atom is 0.134 e. The van der Waals surface area contributed by atoms with Crippen molar-refractivity contribution in [1.82, 2.24) is 4.90 Å². The molecule has 0 atom stereocenters. The molecule has 1 saturated carbocycles. The molecule has 2 rings (SSSR count). The molecule has 0 amide bonds. The minimum absolute atomic E-state index is 0.150. The normalized spacial score (nSPS) is 14.6. The zero-order valence-electron chi connectivity index (χ0n) is 13.9. The quantitative estimate of drug-likeness (QED) is 0.699. The van der Waals surface area contributed by atoms with Gasteiger partial charge in [-0.2, -0.15) is 0 Å². The summed E-state index contributed by atoms with van der Waals surface area (Å²) >= 11 is 5.53. The minimum atomic E-state index is 0.150. The Morgan fingerprint density at radius 2 is 1.76 bits per heavy atom. The number of phenolic OH excluding ortho intramolecular Hbond substituents is 1. The van der Waals surface area contributed by atoms with E-state index < -0.39 is 0 Å². The molecular weight excluding hydrogens is 282 g/mol. The summed E-state index contributed by atoms with van der Waals surface area (Å²) in [5, 5.41) is 9.37. The van der Waals surface area contributed by atoms with Crippen LogP contribution in [0.2, 0.25) is 5.02 Å². The van der Waals surface area contributed by atoms with E-state index in [0.717, 1.165) is 11.6 Å². The van der Waals surface area contributed by atoms with E-state index in [0.29, 0.717) is 5.02 Å². The number of benzene rings is 1. The van der Waals surface area contributed by atoms with E-state index in [-0.39, 0.29) is 5.75 Å². The molecule has 0 heterocycles. The van der Waals surface area contributed by atoms with Crippen molar-refractivity contribution in [3.63, 3.8) is 0 Å². The number of aryl methyl sites for hydroxylation is 1. The molecule has 21 heavy (non-hydrogen) atoms. The number of rotatable bonds is 1. The largest absolute Gasteiger partial charge is 0.506 e. The van der Waals surface area contributed by atoms with Crippen molar-refractivity contribution in [2.45, 2.75) is 52.0 Å². The molecule has 0 aromatic heterocycles. The summed E-state index contributed by atoms with van der Waals surface area (Å²) < 4.78 is 0. The third-order valence-corrected chi connectivity index (χ3v) is 3.73. The zero-order valence-corrected chi connectivity index (χ0v) is 14.7. The third kappa shape index (κ3) is 9.54. The maximum atomic E-state index is 8.97. The second-order valence-electron chi connectivity index (χ2n) is 5.62. The Bertz CT molecular complexity index is 398. The van der Waals surface area contributed by atoms with Gasteiger partial charge in [0.1, 0.15) is 5.75 Å². The number of phenols is 1. The summed E-state index contributed by atoms with van der Waals surface area (Å²) in [7, 11) is 4.38. The topological polar surface area (TPSA) is 23.5 Å². The van der Waals surface area contributed by atoms with Crippen LogP contribution < -0.4 is 0 Å². The van der Waals surface area contributed by atoms with Crippen molar-refractivity contribution in [3.8, 4) is 5.75 Å². The first kappa shape index (κ1) is 20.0. The van der Waals surface area contributed by atoms with E-state index in [1.807, 2.05) is 19.9 Å². The molecule has 1 aliphatic carbocycles. The molecule has 0 bridgehead atoms. The number of nitrogens with zero attached hydrogens (tertiary/aromatic N) is 1. The lowest BCUT2D eigenvalue weighted by Crippen LogP contribution is -2.29. The Labute approximate surface area is 135 Å². The molecular formula is C18H30ClNO. The van der Waals surface area contributed by atoms with E-state index in [1.54, 1.807) is 18.2 Å². The zero-order chi connectivity index (χ0) is 16.3. The first-order chi connectivity index (χ1) is 9.92. The standard InChI is InChI=1S/C8H17N.C7H7ClO.C3H6/c1-9(2)8-6-4-3-5-7-8;1-5-2-3-6(8)7(9)4-5;1-3-2/h8H,3-7H2,1-2H3;2-4,9H,1H3;3H,1H2,2H3. The minimum Gasteiger partial charge on any atom is -0.506 e. The monoisotopic (exact) mass is 311 g/mol. The summed E-state index contributed by atoms with van der Waals surface area (Å²) in [5.74, 6) is 0.150. The Hall–Kier alpha value is -0.990. The van der Waals surface area contributed by atoms with Gasteiger partial charge in [0.05, 0.1) is 5.02 Å². The Balaban J connectivity index is 0.000000322. The van der Waals surface area contributed by atoms with Gasteiger partial charge in [-0.25, -0.2) is 0 Å². The van der Waals surface area contributed by atoms with E-state index in [1.165, 1.54) is 32.1 Å². The summed E-state index contributed by atoms with van der Waals surface area (Å²) in [4.78, 5) is 2.36. The molecule has 3 heteroatoms. The van der Waals surface area contributed by atoms with Gasteiger partial charge in [-0.3, -0.25) is 0 Å². The van der Waals surface area contributed by atoms with Crippen LogP contribution in [-0.4, -0.2) is 30.1 Å². The number of aromatic hydroxyl groups is 1. The fourth-order valence-corrected chi connectivity index (χ4v) is 2.34. The molecule has 0 radical (unpaired) electrons. The molecule has 0 aliphatic heterocycles. The molecule has 1 aliphatic rings. The molecule has 1 N–H and O–H groups in total. The van der Waals surface area contributed by atoms with Crippen LogP contribution in [0.4, 0.5) is 0 Å². The van der Waals surface area contributed by atoms with Gasteiger partial charge < -0.3 is 10.0 Å². The summed E-state index contributed by atoms with van der Waals surface area (Å²) in [6.07, 6.45) is 8.95. The molecule has 0 unspecified atom stereocenters. The first-order valence-corrected chi connectivity index (χ1v) is 7.98. The van der Waals surface area contributed by atoms with Gasteiger partial charge >= 0.3 is 0 Å². The van der Waals surface area contributed by atoms with Crippen LogP contribution in [-0.2, 0) is 0 Å². The predicted octanol–water partition coefficient (Wildman–Crippen LogP) is 5.43. The van der Waals surface area contributed by atoms with E-state index >= 15 is 0 Å². The van der Waals surface area contributed by atoms with Gasteiger partial charge in [-0.05, 0) is 58.5 Å². The fourth-order valence-electron chi connectivity index (χ4n) is 2.22. The fraction of sp³-hybridized carbons (Fsp3) is 0.556. The van der Waals surface area contributed by atoms with Gasteiger partial charge in [0.25, 0.3) is 0 Å². The second-order valence-corrected chi connectivity index (χ2v) is 6.03. The lowest BCUT2D eigenvalue weighted by Gasteiger charge is -2.27. The highest BCUT2D eigenvalue weighted by Crippen LogP contribution is 2.22. The average Bonchev–Trinajstić information content (AvgIpc) is 2.46. The van der Waals surface area contributed by atoms with Crippen molar-refractivity contribution >= 4 is 11.6 Å². The predicted molar refractivity (Wildman–Crippen MR) is 94.3 cm³/mol.